The first-order valence-electron chi connectivity index (χ1n) is 3.50. The van der Waals surface area contributed by atoms with Gasteiger partial charge in [0, 0.05) is 11.6 Å². The maximum atomic E-state index is 8.65. The molecule has 1 unspecified atom stereocenters. The van der Waals surface area contributed by atoms with Gasteiger partial charge in [-0.3, -0.25) is 0 Å². The molecule has 0 amide bonds. The Morgan fingerprint density at radius 3 is 3.00 bits per heavy atom. The van der Waals surface area contributed by atoms with Crippen LogP contribution in [0.3, 0.4) is 0 Å². The Labute approximate surface area is 65.0 Å². The molecule has 1 heterocycles. The Balaban J connectivity index is 2.56. The van der Waals surface area contributed by atoms with Crippen LogP contribution in [-0.2, 0) is 6.42 Å². The van der Waals surface area contributed by atoms with E-state index in [1.165, 1.54) is 0 Å². The summed E-state index contributed by atoms with van der Waals surface area (Å²) in [5.74, 6) is 0.772. The van der Waals surface area contributed by atoms with Crippen molar-refractivity contribution in [3.63, 3.8) is 0 Å². The predicted molar refractivity (Wildman–Crippen MR) is 40.0 cm³/mol. The van der Waals surface area contributed by atoms with Crippen LogP contribution in [0, 0.1) is 6.92 Å². The zero-order valence-corrected chi connectivity index (χ0v) is 6.45. The number of aromatic nitrogens is 1. The van der Waals surface area contributed by atoms with Crippen LogP contribution < -0.4 is 5.73 Å². The molecule has 0 radical (unpaired) electrons. The second kappa shape index (κ2) is 3.50. The van der Waals surface area contributed by atoms with Crippen LogP contribution in [0.4, 0.5) is 0 Å². The fraction of sp³-hybridized carbons (Fsp3) is 0.571. The summed E-state index contributed by atoms with van der Waals surface area (Å²) >= 11 is 0. The quantitative estimate of drug-likeness (QED) is 0.638. The highest BCUT2D eigenvalue weighted by Crippen LogP contribution is 2.07. The van der Waals surface area contributed by atoms with E-state index in [0.717, 1.165) is 11.3 Å². The number of nitrogens with two attached hydrogens (primary N) is 1. The summed E-state index contributed by atoms with van der Waals surface area (Å²) in [4.78, 5) is 0. The van der Waals surface area contributed by atoms with E-state index < -0.39 is 0 Å². The van der Waals surface area contributed by atoms with Gasteiger partial charge in [0.2, 0.25) is 0 Å². The SMILES string of the molecule is Cc1oncc1CC(N)CO. The Hall–Kier alpha value is -0.870. The molecule has 3 N–H and O–H groups in total. The van der Waals surface area contributed by atoms with Gasteiger partial charge in [-0.05, 0) is 13.3 Å². The van der Waals surface area contributed by atoms with E-state index in [0.29, 0.717) is 6.42 Å². The van der Waals surface area contributed by atoms with Gasteiger partial charge < -0.3 is 15.4 Å². The molecule has 11 heavy (non-hydrogen) atoms. The molecule has 0 aliphatic rings. The van der Waals surface area contributed by atoms with E-state index in [9.17, 15) is 0 Å². The summed E-state index contributed by atoms with van der Waals surface area (Å²) in [5, 5.41) is 12.2. The van der Waals surface area contributed by atoms with Gasteiger partial charge in [-0.15, -0.1) is 0 Å². The number of hydrogen-bond donors (Lipinski definition) is 2. The van der Waals surface area contributed by atoms with Crippen molar-refractivity contribution in [3.8, 4) is 0 Å². The monoisotopic (exact) mass is 156 g/mol. The van der Waals surface area contributed by atoms with E-state index in [4.69, 9.17) is 15.4 Å². The number of aryl methyl sites for hydroxylation is 1. The fourth-order valence-corrected chi connectivity index (χ4v) is 0.862. The molecule has 0 aromatic carbocycles. The van der Waals surface area contributed by atoms with Gasteiger partial charge in [-0.25, -0.2) is 0 Å². The summed E-state index contributed by atoms with van der Waals surface area (Å²) in [5.41, 5.74) is 6.48. The highest BCUT2D eigenvalue weighted by atomic mass is 16.5. The van der Waals surface area contributed by atoms with Crippen LogP contribution in [0.1, 0.15) is 11.3 Å². The third kappa shape index (κ3) is 2.03. The molecule has 0 aliphatic heterocycles. The molecule has 62 valence electrons. The number of hydrogen-bond acceptors (Lipinski definition) is 4. The fourth-order valence-electron chi connectivity index (χ4n) is 0.862. The van der Waals surface area contributed by atoms with Crippen LogP contribution in [0.2, 0.25) is 0 Å². The molecule has 1 rings (SSSR count). The second-order valence-corrected chi connectivity index (χ2v) is 2.55. The minimum atomic E-state index is -0.215. The van der Waals surface area contributed by atoms with E-state index >= 15 is 0 Å². The van der Waals surface area contributed by atoms with Crippen LogP contribution in [-0.4, -0.2) is 22.9 Å². The second-order valence-electron chi connectivity index (χ2n) is 2.55. The van der Waals surface area contributed by atoms with Crippen LogP contribution >= 0.6 is 0 Å². The number of aliphatic hydroxyl groups is 1. The van der Waals surface area contributed by atoms with Gasteiger partial charge in [0.15, 0.2) is 0 Å². The summed E-state index contributed by atoms with van der Waals surface area (Å²) in [7, 11) is 0. The third-order valence-electron chi connectivity index (χ3n) is 1.57. The van der Waals surface area contributed by atoms with Gasteiger partial charge >= 0.3 is 0 Å². The molecule has 1 aromatic rings. The van der Waals surface area contributed by atoms with E-state index in [1.807, 2.05) is 6.92 Å². The minimum absolute atomic E-state index is 0.00931. The lowest BCUT2D eigenvalue weighted by Gasteiger charge is -2.04. The lowest BCUT2D eigenvalue weighted by molar-refractivity contribution is 0.265. The molecule has 0 bridgehead atoms. The van der Waals surface area contributed by atoms with Crippen molar-refractivity contribution >= 4 is 0 Å². The van der Waals surface area contributed by atoms with Gasteiger partial charge in [0.05, 0.1) is 12.8 Å². The first-order valence-corrected chi connectivity index (χ1v) is 3.50. The highest BCUT2D eigenvalue weighted by Gasteiger charge is 2.07. The molecule has 0 fully saturated rings. The van der Waals surface area contributed by atoms with Crippen molar-refractivity contribution in [3.05, 3.63) is 17.5 Å². The van der Waals surface area contributed by atoms with Crippen molar-refractivity contribution in [1.82, 2.24) is 5.16 Å². The van der Waals surface area contributed by atoms with E-state index in [1.54, 1.807) is 6.20 Å². The minimum Gasteiger partial charge on any atom is -0.395 e. The van der Waals surface area contributed by atoms with Crippen molar-refractivity contribution in [2.75, 3.05) is 6.61 Å². The van der Waals surface area contributed by atoms with Crippen LogP contribution in [0.5, 0.6) is 0 Å². The van der Waals surface area contributed by atoms with Crippen LogP contribution in [0.15, 0.2) is 10.7 Å². The maximum Gasteiger partial charge on any atom is 0.136 e. The number of nitrogens with zero attached hydrogens (tertiary/aromatic N) is 1. The van der Waals surface area contributed by atoms with Crippen molar-refractivity contribution < 1.29 is 9.63 Å². The average Bonchev–Trinajstić information content (AvgIpc) is 2.37. The molecular weight excluding hydrogens is 144 g/mol. The molecule has 0 saturated carbocycles. The molecule has 0 aliphatic carbocycles. The Bertz CT molecular complexity index is 222. The van der Waals surface area contributed by atoms with Gasteiger partial charge in [0.25, 0.3) is 0 Å². The molecule has 1 atom stereocenters. The van der Waals surface area contributed by atoms with Crippen molar-refractivity contribution in [2.24, 2.45) is 5.73 Å². The first-order chi connectivity index (χ1) is 5.24. The normalized spacial score (nSPS) is 13.4. The Kier molecular flexibility index (Phi) is 2.62. The zero-order valence-electron chi connectivity index (χ0n) is 6.45. The van der Waals surface area contributed by atoms with E-state index in [2.05, 4.69) is 5.16 Å². The lowest BCUT2D eigenvalue weighted by atomic mass is 10.1. The molecule has 0 saturated heterocycles. The summed E-state index contributed by atoms with van der Waals surface area (Å²) in [6.07, 6.45) is 2.25. The first kappa shape index (κ1) is 8.23. The van der Waals surface area contributed by atoms with Gasteiger partial charge in [0.1, 0.15) is 5.76 Å². The standard InChI is InChI=1S/C7H12N2O2/c1-5-6(3-9-11-5)2-7(8)4-10/h3,7,10H,2,4,8H2,1H3. The molecular formula is C7H12N2O2. The summed E-state index contributed by atoms with van der Waals surface area (Å²) < 4.78 is 4.82. The molecule has 4 nitrogen and oxygen atoms in total. The zero-order chi connectivity index (χ0) is 8.27. The Morgan fingerprint density at radius 1 is 1.82 bits per heavy atom. The molecule has 1 aromatic heterocycles. The highest BCUT2D eigenvalue weighted by molar-refractivity contribution is 5.12. The number of rotatable bonds is 3. The van der Waals surface area contributed by atoms with Crippen molar-refractivity contribution in [1.29, 1.82) is 0 Å². The number of aliphatic hydroxyl groups excluding tert-OH is 1. The Morgan fingerprint density at radius 2 is 2.55 bits per heavy atom. The smallest absolute Gasteiger partial charge is 0.136 e. The largest absolute Gasteiger partial charge is 0.395 e. The van der Waals surface area contributed by atoms with Gasteiger partial charge in [-0.1, -0.05) is 5.16 Å². The summed E-state index contributed by atoms with van der Waals surface area (Å²) in [6, 6.07) is -0.215. The van der Waals surface area contributed by atoms with E-state index in [-0.39, 0.29) is 12.6 Å². The molecule has 4 heteroatoms. The lowest BCUT2D eigenvalue weighted by Crippen LogP contribution is -2.26. The third-order valence-corrected chi connectivity index (χ3v) is 1.57. The maximum absolute atomic E-state index is 8.65. The van der Waals surface area contributed by atoms with Crippen molar-refractivity contribution in [2.45, 2.75) is 19.4 Å². The topological polar surface area (TPSA) is 72.3 Å². The van der Waals surface area contributed by atoms with Crippen LogP contribution in [0.25, 0.3) is 0 Å². The average molecular weight is 156 g/mol. The predicted octanol–water partition coefficient (Wildman–Crippen LogP) is -0.155. The molecule has 0 spiro atoms. The summed E-state index contributed by atoms with van der Waals surface area (Å²) in [6.45, 7) is 1.82. The van der Waals surface area contributed by atoms with Gasteiger partial charge in [-0.2, -0.15) is 0 Å².